The minimum atomic E-state index is 0.785. The highest BCUT2D eigenvalue weighted by molar-refractivity contribution is 6.31. The first-order valence-corrected chi connectivity index (χ1v) is 6.71. The van der Waals surface area contributed by atoms with Gasteiger partial charge in [-0.15, -0.1) is 0 Å². The van der Waals surface area contributed by atoms with Crippen LogP contribution in [-0.4, -0.2) is 19.7 Å². The number of rotatable bonds is 8. The second-order valence-electron chi connectivity index (χ2n) is 4.17. The third-order valence-electron chi connectivity index (χ3n) is 2.65. The van der Waals surface area contributed by atoms with Gasteiger partial charge in [-0.1, -0.05) is 18.5 Å². The van der Waals surface area contributed by atoms with E-state index in [0.29, 0.717) is 0 Å². The number of ether oxygens (including phenoxy) is 1. The van der Waals surface area contributed by atoms with Crippen LogP contribution in [-0.2, 0) is 0 Å². The fourth-order valence-electron chi connectivity index (χ4n) is 1.60. The molecule has 0 atom stereocenters. The number of aryl methyl sites for hydroxylation is 1. The van der Waals surface area contributed by atoms with Crippen LogP contribution in [0.5, 0.6) is 5.75 Å². The lowest BCUT2D eigenvalue weighted by atomic mass is 10.2. The summed E-state index contributed by atoms with van der Waals surface area (Å²) in [4.78, 5) is 0. The summed E-state index contributed by atoms with van der Waals surface area (Å²) in [5.74, 6) is 0.915. The molecular weight excluding hydrogens is 234 g/mol. The van der Waals surface area contributed by atoms with E-state index >= 15 is 0 Å². The summed E-state index contributed by atoms with van der Waals surface area (Å²) in [6, 6.07) is 5.80. The molecule has 1 rings (SSSR count). The molecular formula is C14H22ClNO. The molecule has 1 N–H and O–H groups in total. The summed E-state index contributed by atoms with van der Waals surface area (Å²) in [7, 11) is 0. The fraction of sp³-hybridized carbons (Fsp3) is 0.571. The predicted octanol–water partition coefficient (Wildman–Crippen LogP) is 3.81. The van der Waals surface area contributed by atoms with Crippen LogP contribution in [0.4, 0.5) is 0 Å². The third kappa shape index (κ3) is 5.94. The van der Waals surface area contributed by atoms with E-state index in [-0.39, 0.29) is 0 Å². The maximum atomic E-state index is 5.95. The summed E-state index contributed by atoms with van der Waals surface area (Å²) < 4.78 is 5.67. The summed E-state index contributed by atoms with van der Waals surface area (Å²) in [6.07, 6.45) is 3.53. The molecule has 1 aromatic rings. The molecule has 2 nitrogen and oxygen atoms in total. The molecule has 96 valence electrons. The first-order chi connectivity index (χ1) is 8.24. The number of benzene rings is 1. The predicted molar refractivity (Wildman–Crippen MR) is 74.1 cm³/mol. The van der Waals surface area contributed by atoms with Crippen molar-refractivity contribution in [3.05, 3.63) is 28.8 Å². The molecule has 0 aliphatic heterocycles. The quantitative estimate of drug-likeness (QED) is 0.714. The average molecular weight is 256 g/mol. The van der Waals surface area contributed by atoms with Crippen molar-refractivity contribution in [3.63, 3.8) is 0 Å². The van der Waals surface area contributed by atoms with E-state index in [1.807, 2.05) is 25.1 Å². The number of nitrogens with one attached hydrogen (secondary N) is 1. The van der Waals surface area contributed by atoms with Gasteiger partial charge in [-0.25, -0.2) is 0 Å². The maximum Gasteiger partial charge on any atom is 0.119 e. The van der Waals surface area contributed by atoms with Crippen LogP contribution in [0.15, 0.2) is 18.2 Å². The molecule has 0 aliphatic rings. The molecule has 0 bridgehead atoms. The number of halogens is 1. The highest BCUT2D eigenvalue weighted by Gasteiger charge is 1.98. The van der Waals surface area contributed by atoms with Crippen molar-refractivity contribution in [1.29, 1.82) is 0 Å². The Kier molecular flexibility index (Phi) is 7.06. The van der Waals surface area contributed by atoms with Crippen molar-refractivity contribution in [2.75, 3.05) is 19.7 Å². The topological polar surface area (TPSA) is 21.3 Å². The fourth-order valence-corrected chi connectivity index (χ4v) is 1.72. The van der Waals surface area contributed by atoms with Gasteiger partial charge >= 0.3 is 0 Å². The van der Waals surface area contributed by atoms with Gasteiger partial charge in [0.1, 0.15) is 5.75 Å². The molecule has 0 aromatic heterocycles. The van der Waals surface area contributed by atoms with E-state index in [1.165, 1.54) is 12.8 Å². The Bertz CT molecular complexity index is 328. The van der Waals surface area contributed by atoms with Crippen LogP contribution in [0.25, 0.3) is 0 Å². The van der Waals surface area contributed by atoms with Gasteiger partial charge in [0.25, 0.3) is 0 Å². The molecule has 0 heterocycles. The standard InChI is InChI=1S/C14H22ClNO/c1-3-16-9-5-4-6-10-17-13-7-8-14(15)12(2)11-13/h7-8,11,16H,3-6,9-10H2,1-2H3. The summed E-state index contributed by atoms with van der Waals surface area (Å²) in [6.45, 7) is 7.07. The van der Waals surface area contributed by atoms with Gasteiger partial charge in [0, 0.05) is 5.02 Å². The molecule has 0 radical (unpaired) electrons. The Morgan fingerprint density at radius 1 is 1.24 bits per heavy atom. The van der Waals surface area contributed by atoms with Gasteiger partial charge in [-0.05, 0) is 63.0 Å². The van der Waals surface area contributed by atoms with Crippen molar-refractivity contribution in [1.82, 2.24) is 5.32 Å². The Balaban J connectivity index is 2.11. The molecule has 0 aliphatic carbocycles. The summed E-state index contributed by atoms with van der Waals surface area (Å²) in [5.41, 5.74) is 1.07. The van der Waals surface area contributed by atoms with E-state index in [1.54, 1.807) is 0 Å². The Labute approximate surface area is 109 Å². The molecule has 0 fully saturated rings. The van der Waals surface area contributed by atoms with Gasteiger partial charge in [-0.2, -0.15) is 0 Å². The highest BCUT2D eigenvalue weighted by atomic mass is 35.5. The number of hydrogen-bond donors (Lipinski definition) is 1. The number of unbranched alkanes of at least 4 members (excludes halogenated alkanes) is 2. The van der Waals surface area contributed by atoms with Crippen LogP contribution in [0.3, 0.4) is 0 Å². The molecule has 0 spiro atoms. The smallest absolute Gasteiger partial charge is 0.119 e. The average Bonchev–Trinajstić information content (AvgIpc) is 2.32. The Morgan fingerprint density at radius 3 is 2.76 bits per heavy atom. The lowest BCUT2D eigenvalue weighted by Gasteiger charge is -2.07. The molecule has 0 saturated heterocycles. The number of hydrogen-bond acceptors (Lipinski definition) is 2. The van der Waals surface area contributed by atoms with Crippen LogP contribution in [0, 0.1) is 6.92 Å². The molecule has 0 amide bonds. The van der Waals surface area contributed by atoms with Crippen LogP contribution < -0.4 is 10.1 Å². The monoisotopic (exact) mass is 255 g/mol. The minimum Gasteiger partial charge on any atom is -0.494 e. The van der Waals surface area contributed by atoms with E-state index in [9.17, 15) is 0 Å². The highest BCUT2D eigenvalue weighted by Crippen LogP contribution is 2.21. The third-order valence-corrected chi connectivity index (χ3v) is 3.07. The van der Waals surface area contributed by atoms with Crippen molar-refractivity contribution in [2.45, 2.75) is 33.1 Å². The first kappa shape index (κ1) is 14.3. The normalized spacial score (nSPS) is 10.5. The van der Waals surface area contributed by atoms with E-state index < -0.39 is 0 Å². The van der Waals surface area contributed by atoms with Crippen molar-refractivity contribution >= 4 is 11.6 Å². The van der Waals surface area contributed by atoms with Gasteiger partial charge in [0.2, 0.25) is 0 Å². The maximum absolute atomic E-state index is 5.95. The van der Waals surface area contributed by atoms with Gasteiger partial charge in [0.05, 0.1) is 6.61 Å². The lowest BCUT2D eigenvalue weighted by Crippen LogP contribution is -2.14. The molecule has 0 saturated carbocycles. The van der Waals surface area contributed by atoms with E-state index in [4.69, 9.17) is 16.3 Å². The first-order valence-electron chi connectivity index (χ1n) is 6.33. The zero-order chi connectivity index (χ0) is 12.5. The van der Waals surface area contributed by atoms with Crippen molar-refractivity contribution in [3.8, 4) is 5.75 Å². The molecule has 1 aromatic carbocycles. The second-order valence-corrected chi connectivity index (χ2v) is 4.58. The van der Waals surface area contributed by atoms with Gasteiger partial charge < -0.3 is 10.1 Å². The summed E-state index contributed by atoms with van der Waals surface area (Å²) in [5, 5.41) is 4.11. The van der Waals surface area contributed by atoms with E-state index in [2.05, 4.69) is 12.2 Å². The van der Waals surface area contributed by atoms with Gasteiger partial charge in [-0.3, -0.25) is 0 Å². The van der Waals surface area contributed by atoms with Gasteiger partial charge in [0.15, 0.2) is 0 Å². The van der Waals surface area contributed by atoms with Crippen LogP contribution >= 0.6 is 11.6 Å². The van der Waals surface area contributed by atoms with Crippen LogP contribution in [0.2, 0.25) is 5.02 Å². The Morgan fingerprint density at radius 2 is 2.06 bits per heavy atom. The zero-order valence-corrected chi connectivity index (χ0v) is 11.5. The largest absolute Gasteiger partial charge is 0.494 e. The SMILES string of the molecule is CCNCCCCCOc1ccc(Cl)c(C)c1. The zero-order valence-electron chi connectivity index (χ0n) is 10.8. The minimum absolute atomic E-state index is 0.785. The van der Waals surface area contributed by atoms with Crippen LogP contribution in [0.1, 0.15) is 31.7 Å². The molecule has 3 heteroatoms. The Hall–Kier alpha value is -0.730. The lowest BCUT2D eigenvalue weighted by molar-refractivity contribution is 0.305. The summed E-state index contributed by atoms with van der Waals surface area (Å²) >= 11 is 5.95. The van der Waals surface area contributed by atoms with Crippen molar-refractivity contribution in [2.24, 2.45) is 0 Å². The molecule has 0 unspecified atom stereocenters. The van der Waals surface area contributed by atoms with E-state index in [0.717, 1.165) is 42.5 Å². The molecule has 17 heavy (non-hydrogen) atoms. The van der Waals surface area contributed by atoms with Crippen molar-refractivity contribution < 1.29 is 4.74 Å². The second kappa shape index (κ2) is 8.37.